The number of oxime groups is 1. The van der Waals surface area contributed by atoms with Crippen LogP contribution in [0.3, 0.4) is 0 Å². The van der Waals surface area contributed by atoms with Crippen LogP contribution in [0.1, 0.15) is 16.1 Å². The molecule has 0 radical (unpaired) electrons. The first kappa shape index (κ1) is 14.1. The number of rotatable bonds is 3. The quantitative estimate of drug-likeness (QED) is 0.345. The summed E-state index contributed by atoms with van der Waals surface area (Å²) in [5.41, 5.74) is 5.26. The lowest BCUT2D eigenvalue weighted by Crippen LogP contribution is -2.20. The number of carbonyl (C=O) groups excluding carboxylic acids is 1. The van der Waals surface area contributed by atoms with Crippen molar-refractivity contribution in [3.8, 4) is 0 Å². The van der Waals surface area contributed by atoms with Crippen molar-refractivity contribution in [2.24, 2.45) is 10.9 Å². The number of amidine groups is 1. The normalized spacial score (nSPS) is 11.4. The maximum atomic E-state index is 13.7. The highest BCUT2D eigenvalue weighted by Crippen LogP contribution is 2.21. The van der Waals surface area contributed by atoms with Gasteiger partial charge in [0.05, 0.1) is 11.3 Å². The molecular formula is C12H9BrFN3O3. The number of hydrogen-bond acceptors (Lipinski definition) is 4. The molecule has 20 heavy (non-hydrogen) atoms. The third-order valence-electron chi connectivity index (χ3n) is 2.42. The van der Waals surface area contributed by atoms with Crippen LogP contribution in [0.15, 0.2) is 44.6 Å². The van der Waals surface area contributed by atoms with Gasteiger partial charge in [-0.05, 0) is 40.2 Å². The Morgan fingerprint density at radius 2 is 2.15 bits per heavy atom. The number of nitrogens with two attached hydrogens (primary N) is 1. The molecule has 0 spiro atoms. The summed E-state index contributed by atoms with van der Waals surface area (Å²) in [5.74, 6) is -1.72. The van der Waals surface area contributed by atoms with Gasteiger partial charge in [0.2, 0.25) is 0 Å². The molecule has 2 aromatic rings. The molecule has 104 valence electrons. The van der Waals surface area contributed by atoms with Crippen LogP contribution in [-0.2, 0) is 0 Å². The predicted octanol–water partition coefficient (Wildman–Crippen LogP) is 2.53. The van der Waals surface area contributed by atoms with Crippen LogP contribution in [-0.4, -0.2) is 17.0 Å². The van der Waals surface area contributed by atoms with Crippen LogP contribution in [0, 0.1) is 5.82 Å². The first-order valence-corrected chi connectivity index (χ1v) is 6.15. The summed E-state index contributed by atoms with van der Waals surface area (Å²) in [4.78, 5) is 11.9. The molecule has 0 aliphatic rings. The molecular weight excluding hydrogens is 333 g/mol. The summed E-state index contributed by atoms with van der Waals surface area (Å²) >= 11 is 3.07. The SMILES string of the molecule is N/C(=N/O)c1c(F)cccc1NC(=O)c1ccc(Br)o1. The molecule has 1 aromatic carbocycles. The van der Waals surface area contributed by atoms with Crippen LogP contribution < -0.4 is 11.1 Å². The molecule has 1 heterocycles. The van der Waals surface area contributed by atoms with Crippen LogP contribution in [0.2, 0.25) is 0 Å². The Morgan fingerprint density at radius 3 is 2.75 bits per heavy atom. The minimum absolute atomic E-state index is 0.0339. The molecule has 2 rings (SSSR count). The van der Waals surface area contributed by atoms with Gasteiger partial charge in [-0.3, -0.25) is 4.79 Å². The third-order valence-corrected chi connectivity index (χ3v) is 2.85. The summed E-state index contributed by atoms with van der Waals surface area (Å²) < 4.78 is 19.2. The summed E-state index contributed by atoms with van der Waals surface area (Å²) in [6.07, 6.45) is 0. The van der Waals surface area contributed by atoms with E-state index in [1.165, 1.54) is 18.2 Å². The number of carbonyl (C=O) groups is 1. The van der Waals surface area contributed by atoms with Gasteiger partial charge in [0.15, 0.2) is 16.3 Å². The number of anilines is 1. The standard InChI is InChI=1S/C12H9BrFN3O3/c13-9-5-4-8(20-9)12(18)16-7-3-1-2-6(14)10(7)11(15)17-19/h1-5,19H,(H2,15,17)(H,16,18). The van der Waals surface area contributed by atoms with Crippen molar-refractivity contribution in [2.45, 2.75) is 0 Å². The summed E-state index contributed by atoms with van der Waals surface area (Å²) in [5, 5.41) is 13.8. The average Bonchev–Trinajstić information content (AvgIpc) is 2.85. The van der Waals surface area contributed by atoms with Gasteiger partial charge in [-0.1, -0.05) is 11.2 Å². The number of benzene rings is 1. The molecule has 0 unspecified atom stereocenters. The number of amides is 1. The highest BCUT2D eigenvalue weighted by atomic mass is 79.9. The first-order valence-electron chi connectivity index (χ1n) is 5.36. The molecule has 1 amide bonds. The van der Waals surface area contributed by atoms with Gasteiger partial charge in [-0.15, -0.1) is 0 Å². The highest BCUT2D eigenvalue weighted by Gasteiger charge is 2.17. The van der Waals surface area contributed by atoms with Crippen molar-refractivity contribution >= 4 is 33.4 Å². The second-order valence-corrected chi connectivity index (χ2v) is 4.49. The van der Waals surface area contributed by atoms with Crippen molar-refractivity contribution in [2.75, 3.05) is 5.32 Å². The molecule has 6 nitrogen and oxygen atoms in total. The zero-order valence-electron chi connectivity index (χ0n) is 9.93. The second-order valence-electron chi connectivity index (χ2n) is 3.71. The molecule has 0 saturated carbocycles. The molecule has 1 aromatic heterocycles. The Morgan fingerprint density at radius 1 is 1.40 bits per heavy atom. The van der Waals surface area contributed by atoms with E-state index >= 15 is 0 Å². The predicted molar refractivity (Wildman–Crippen MR) is 73.3 cm³/mol. The van der Waals surface area contributed by atoms with Crippen LogP contribution in [0.4, 0.5) is 10.1 Å². The fraction of sp³-hybridized carbons (Fsp3) is 0. The smallest absolute Gasteiger partial charge is 0.291 e. The largest absolute Gasteiger partial charge is 0.444 e. The Bertz CT molecular complexity index is 684. The Hall–Kier alpha value is -2.35. The monoisotopic (exact) mass is 341 g/mol. The van der Waals surface area contributed by atoms with E-state index < -0.39 is 17.6 Å². The van der Waals surface area contributed by atoms with Crippen molar-refractivity contribution in [3.05, 3.63) is 52.1 Å². The molecule has 0 aliphatic carbocycles. The van der Waals surface area contributed by atoms with Gasteiger partial charge >= 0.3 is 0 Å². The molecule has 0 fully saturated rings. The van der Waals surface area contributed by atoms with Crippen molar-refractivity contribution < 1.29 is 18.8 Å². The maximum Gasteiger partial charge on any atom is 0.291 e. The van der Waals surface area contributed by atoms with Crippen LogP contribution in [0.5, 0.6) is 0 Å². The Labute approximate surface area is 121 Å². The van der Waals surface area contributed by atoms with E-state index in [-0.39, 0.29) is 17.0 Å². The van der Waals surface area contributed by atoms with Gasteiger partial charge in [0, 0.05) is 0 Å². The lowest BCUT2D eigenvalue weighted by molar-refractivity contribution is 0.0995. The van der Waals surface area contributed by atoms with Crippen LogP contribution >= 0.6 is 15.9 Å². The van der Waals surface area contributed by atoms with E-state index in [2.05, 4.69) is 26.4 Å². The van der Waals surface area contributed by atoms with E-state index in [1.807, 2.05) is 0 Å². The van der Waals surface area contributed by atoms with Crippen molar-refractivity contribution in [1.82, 2.24) is 0 Å². The number of halogens is 2. The van der Waals surface area contributed by atoms with Gasteiger partial charge in [0.25, 0.3) is 5.91 Å². The molecule has 0 bridgehead atoms. The fourth-order valence-electron chi connectivity index (χ4n) is 1.56. The number of hydrogen-bond donors (Lipinski definition) is 3. The number of nitrogens with zero attached hydrogens (tertiary/aromatic N) is 1. The molecule has 0 aliphatic heterocycles. The van der Waals surface area contributed by atoms with E-state index in [0.717, 1.165) is 6.07 Å². The Kier molecular flexibility index (Phi) is 4.04. The van der Waals surface area contributed by atoms with Crippen molar-refractivity contribution in [1.29, 1.82) is 0 Å². The molecule has 0 atom stereocenters. The van der Waals surface area contributed by atoms with Gasteiger partial charge < -0.3 is 20.7 Å². The zero-order chi connectivity index (χ0) is 14.7. The fourth-order valence-corrected chi connectivity index (χ4v) is 1.87. The van der Waals surface area contributed by atoms with E-state index in [1.54, 1.807) is 6.07 Å². The minimum atomic E-state index is -0.723. The van der Waals surface area contributed by atoms with Crippen LogP contribution in [0.25, 0.3) is 0 Å². The second kappa shape index (κ2) is 5.74. The lowest BCUT2D eigenvalue weighted by atomic mass is 10.1. The van der Waals surface area contributed by atoms with Crippen molar-refractivity contribution in [3.63, 3.8) is 0 Å². The molecule has 4 N–H and O–H groups in total. The van der Waals surface area contributed by atoms with Gasteiger partial charge in [-0.25, -0.2) is 4.39 Å². The van der Waals surface area contributed by atoms with Gasteiger partial charge in [-0.2, -0.15) is 0 Å². The highest BCUT2D eigenvalue weighted by molar-refractivity contribution is 9.10. The number of furan rings is 1. The zero-order valence-corrected chi connectivity index (χ0v) is 11.5. The van der Waals surface area contributed by atoms with E-state index in [4.69, 9.17) is 15.4 Å². The average molecular weight is 342 g/mol. The molecule has 8 heteroatoms. The molecule has 0 saturated heterocycles. The Balaban J connectivity index is 2.34. The third kappa shape index (κ3) is 2.80. The minimum Gasteiger partial charge on any atom is -0.444 e. The van der Waals surface area contributed by atoms with E-state index in [0.29, 0.717) is 4.67 Å². The number of nitrogens with one attached hydrogen (secondary N) is 1. The summed E-state index contributed by atoms with van der Waals surface area (Å²) in [6, 6.07) is 6.93. The summed E-state index contributed by atoms with van der Waals surface area (Å²) in [7, 11) is 0. The first-order chi connectivity index (χ1) is 9.52. The summed E-state index contributed by atoms with van der Waals surface area (Å²) in [6.45, 7) is 0. The topological polar surface area (TPSA) is 101 Å². The lowest BCUT2D eigenvalue weighted by Gasteiger charge is -2.09. The van der Waals surface area contributed by atoms with Gasteiger partial charge in [0.1, 0.15) is 5.82 Å². The maximum absolute atomic E-state index is 13.7. The van der Waals surface area contributed by atoms with E-state index in [9.17, 15) is 9.18 Å².